The molecule has 0 spiro atoms. The van der Waals surface area contributed by atoms with E-state index in [0.29, 0.717) is 24.1 Å². The minimum atomic E-state index is -4.12. The molecule has 8 nitrogen and oxygen atoms in total. The van der Waals surface area contributed by atoms with Gasteiger partial charge in [0, 0.05) is 17.2 Å². The largest absolute Gasteiger partial charge is 0.477 e. The summed E-state index contributed by atoms with van der Waals surface area (Å²) in [6.07, 6.45) is 7.69. The van der Waals surface area contributed by atoms with Crippen molar-refractivity contribution in [3.63, 3.8) is 0 Å². The maximum atomic E-state index is 13.2. The van der Waals surface area contributed by atoms with Gasteiger partial charge in [0.1, 0.15) is 0 Å². The molecule has 1 heterocycles. The number of hydrogen-bond acceptors (Lipinski definition) is 6. The number of nitrogens with zero attached hydrogens (tertiary/aromatic N) is 2. The van der Waals surface area contributed by atoms with Gasteiger partial charge < -0.3 is 10.5 Å². The number of sulfonamides is 1. The van der Waals surface area contributed by atoms with Crippen molar-refractivity contribution in [1.29, 1.82) is 0 Å². The predicted molar refractivity (Wildman–Crippen MR) is 154 cm³/mol. The molecular weight excluding hydrogens is 512 g/mol. The molecule has 3 N–H and O–H groups in total. The first kappa shape index (κ1) is 28.3. The number of aromatic nitrogens is 2. The van der Waals surface area contributed by atoms with Crippen LogP contribution in [0.3, 0.4) is 0 Å². The summed E-state index contributed by atoms with van der Waals surface area (Å²) in [4.78, 5) is 20.5. The van der Waals surface area contributed by atoms with Gasteiger partial charge in [-0.25, -0.2) is 18.1 Å². The second kappa shape index (κ2) is 12.0. The van der Waals surface area contributed by atoms with Crippen LogP contribution in [-0.2, 0) is 10.0 Å². The highest BCUT2D eigenvalue weighted by atomic mass is 32.2. The fourth-order valence-electron chi connectivity index (χ4n) is 4.48. The SMILES string of the molecule is Cc1cccc(/C=C/C2CC2)c1-c1cc(OC[C@H](C)CC(C)C)nc(NS(=O)(=O)c2cccc(C(N)=O)c2)n1. The topological polar surface area (TPSA) is 124 Å². The van der Waals surface area contributed by atoms with Crippen molar-refractivity contribution >= 4 is 28.0 Å². The molecule has 0 bridgehead atoms. The lowest BCUT2D eigenvalue weighted by Gasteiger charge is -2.17. The second-order valence-corrected chi connectivity index (χ2v) is 12.4. The smallest absolute Gasteiger partial charge is 0.264 e. The zero-order valence-electron chi connectivity index (χ0n) is 22.8. The number of ether oxygens (including phenoxy) is 1. The maximum absolute atomic E-state index is 13.2. The molecule has 1 atom stereocenters. The number of rotatable bonds is 12. The summed E-state index contributed by atoms with van der Waals surface area (Å²) >= 11 is 0. The molecule has 0 radical (unpaired) electrons. The summed E-state index contributed by atoms with van der Waals surface area (Å²) in [5.41, 5.74) is 8.85. The third-order valence-corrected chi connectivity index (χ3v) is 7.80. The molecule has 4 rings (SSSR count). The van der Waals surface area contributed by atoms with E-state index in [0.717, 1.165) is 23.1 Å². The van der Waals surface area contributed by atoms with Crippen LogP contribution in [0.1, 0.15) is 61.5 Å². The highest BCUT2D eigenvalue weighted by Gasteiger charge is 2.21. The number of carbonyl (C=O) groups is 1. The normalized spacial score (nSPS) is 14.5. The molecule has 3 aromatic rings. The summed E-state index contributed by atoms with van der Waals surface area (Å²) in [5, 5.41) is 0. The Balaban J connectivity index is 1.74. The number of aryl methyl sites for hydroxylation is 1. The van der Waals surface area contributed by atoms with Crippen LogP contribution in [0.4, 0.5) is 5.95 Å². The lowest BCUT2D eigenvalue weighted by Crippen LogP contribution is -2.18. The zero-order valence-corrected chi connectivity index (χ0v) is 23.7. The van der Waals surface area contributed by atoms with Crippen LogP contribution >= 0.6 is 0 Å². The van der Waals surface area contributed by atoms with E-state index in [1.165, 1.54) is 37.1 Å². The lowest BCUT2D eigenvalue weighted by molar-refractivity contribution is 0.1000. The van der Waals surface area contributed by atoms with Crippen LogP contribution in [0.25, 0.3) is 17.3 Å². The first-order chi connectivity index (χ1) is 18.5. The van der Waals surface area contributed by atoms with Crippen LogP contribution in [0, 0.1) is 24.7 Å². The molecular formula is C30H36N4O4S. The van der Waals surface area contributed by atoms with Crippen molar-refractivity contribution in [2.45, 2.75) is 51.9 Å². The van der Waals surface area contributed by atoms with Gasteiger partial charge >= 0.3 is 0 Å². The number of nitrogens with one attached hydrogen (secondary N) is 1. The Hall–Kier alpha value is -3.72. The summed E-state index contributed by atoms with van der Waals surface area (Å²) in [6.45, 7) is 8.86. The molecule has 0 saturated heterocycles. The van der Waals surface area contributed by atoms with Gasteiger partial charge in [-0.2, -0.15) is 4.98 Å². The van der Waals surface area contributed by atoms with Gasteiger partial charge in [-0.15, -0.1) is 0 Å². The van der Waals surface area contributed by atoms with Crippen LogP contribution in [-0.4, -0.2) is 30.9 Å². The molecule has 39 heavy (non-hydrogen) atoms. The van der Waals surface area contributed by atoms with Crippen molar-refractivity contribution < 1.29 is 17.9 Å². The van der Waals surface area contributed by atoms with E-state index >= 15 is 0 Å². The summed E-state index contributed by atoms with van der Waals surface area (Å²) in [6, 6.07) is 13.3. The average molecular weight is 549 g/mol. The Bertz CT molecular complexity index is 1480. The zero-order chi connectivity index (χ0) is 28.2. The maximum Gasteiger partial charge on any atom is 0.264 e. The van der Waals surface area contributed by atoms with Crippen LogP contribution in [0.2, 0.25) is 0 Å². The van der Waals surface area contributed by atoms with Gasteiger partial charge in [0.2, 0.25) is 17.7 Å². The van der Waals surface area contributed by atoms with Gasteiger partial charge in [0.25, 0.3) is 10.0 Å². The number of amides is 1. The summed E-state index contributed by atoms with van der Waals surface area (Å²) < 4.78 is 35.0. The van der Waals surface area contributed by atoms with Crippen molar-refractivity contribution in [2.75, 3.05) is 11.3 Å². The Labute approximate surface area is 230 Å². The van der Waals surface area contributed by atoms with E-state index in [2.05, 4.69) is 47.6 Å². The monoisotopic (exact) mass is 548 g/mol. The third-order valence-electron chi connectivity index (χ3n) is 6.48. The molecule has 1 fully saturated rings. The molecule has 1 aromatic heterocycles. The van der Waals surface area contributed by atoms with Crippen molar-refractivity contribution in [1.82, 2.24) is 9.97 Å². The van der Waals surface area contributed by atoms with Crippen LogP contribution in [0.15, 0.2) is 59.5 Å². The molecule has 1 amide bonds. The van der Waals surface area contributed by atoms with E-state index in [4.69, 9.17) is 10.5 Å². The highest BCUT2D eigenvalue weighted by molar-refractivity contribution is 7.92. The minimum Gasteiger partial charge on any atom is -0.477 e. The lowest BCUT2D eigenvalue weighted by atomic mass is 9.98. The number of benzene rings is 2. The van der Waals surface area contributed by atoms with Gasteiger partial charge in [0.05, 0.1) is 17.2 Å². The van der Waals surface area contributed by atoms with E-state index in [1.807, 2.05) is 25.1 Å². The highest BCUT2D eigenvalue weighted by Crippen LogP contribution is 2.34. The molecule has 1 aliphatic rings. The molecule has 0 aliphatic heterocycles. The minimum absolute atomic E-state index is 0.0858. The Morgan fingerprint density at radius 1 is 1.13 bits per heavy atom. The first-order valence-corrected chi connectivity index (χ1v) is 14.7. The second-order valence-electron chi connectivity index (χ2n) is 10.7. The average Bonchev–Trinajstić information content (AvgIpc) is 3.70. The van der Waals surface area contributed by atoms with E-state index < -0.39 is 15.9 Å². The number of anilines is 1. The fraction of sp³-hybridized carbons (Fsp3) is 0.367. The number of hydrogen-bond donors (Lipinski definition) is 2. The Morgan fingerprint density at radius 2 is 1.87 bits per heavy atom. The van der Waals surface area contributed by atoms with Gasteiger partial charge in [-0.1, -0.05) is 57.2 Å². The van der Waals surface area contributed by atoms with Crippen LogP contribution < -0.4 is 15.2 Å². The van der Waals surface area contributed by atoms with Gasteiger partial charge in [-0.3, -0.25) is 4.79 Å². The molecule has 9 heteroatoms. The van der Waals surface area contributed by atoms with Crippen molar-refractivity contribution in [3.8, 4) is 17.1 Å². The number of carbonyl (C=O) groups excluding carboxylic acids is 1. The molecule has 0 unspecified atom stereocenters. The molecule has 1 aliphatic carbocycles. The van der Waals surface area contributed by atoms with Crippen LogP contribution in [0.5, 0.6) is 5.88 Å². The number of allylic oxidation sites excluding steroid dienone is 1. The Morgan fingerprint density at radius 3 is 2.56 bits per heavy atom. The number of primary amides is 1. The third kappa shape index (κ3) is 7.66. The van der Waals surface area contributed by atoms with Gasteiger partial charge in [0.15, 0.2) is 0 Å². The fourth-order valence-corrected chi connectivity index (χ4v) is 5.47. The molecule has 206 valence electrons. The summed E-state index contributed by atoms with van der Waals surface area (Å²) in [7, 11) is -4.12. The van der Waals surface area contributed by atoms with E-state index in [1.54, 1.807) is 6.07 Å². The van der Waals surface area contributed by atoms with Crippen molar-refractivity contribution in [3.05, 3.63) is 71.3 Å². The Kier molecular flexibility index (Phi) is 8.70. The van der Waals surface area contributed by atoms with Gasteiger partial charge in [-0.05, 0) is 73.3 Å². The number of nitrogens with two attached hydrogens (primary N) is 1. The predicted octanol–water partition coefficient (Wildman–Crippen LogP) is 5.84. The summed E-state index contributed by atoms with van der Waals surface area (Å²) in [5.74, 6) is 0.848. The van der Waals surface area contributed by atoms with E-state index in [-0.39, 0.29) is 28.2 Å². The standard InChI is InChI=1S/C30H36N4O4S/c1-19(2)15-20(3)18-38-27-17-26(28-21(4)7-5-8-23(28)14-13-22-11-12-22)32-30(33-27)34-39(36,37)25-10-6-9-24(16-25)29(31)35/h5-10,13-14,16-17,19-20,22H,11-12,15,18H2,1-4H3,(H2,31,35)(H,32,33,34)/b14-13+/t20-/m1/s1. The first-order valence-electron chi connectivity index (χ1n) is 13.2. The quantitative estimate of drug-likeness (QED) is 0.293. The van der Waals surface area contributed by atoms with E-state index in [9.17, 15) is 13.2 Å². The molecule has 1 saturated carbocycles. The molecule has 2 aromatic carbocycles. The van der Waals surface area contributed by atoms with Crippen molar-refractivity contribution in [2.24, 2.45) is 23.5 Å².